The minimum atomic E-state index is -0.362. The van der Waals surface area contributed by atoms with Gasteiger partial charge in [0.1, 0.15) is 12.4 Å². The number of benzene rings is 2. The molecule has 4 rings (SSSR count). The predicted molar refractivity (Wildman–Crippen MR) is 152 cm³/mol. The summed E-state index contributed by atoms with van der Waals surface area (Å²) in [5.74, 6) is 0.569. The Labute approximate surface area is 236 Å². The summed E-state index contributed by atoms with van der Waals surface area (Å²) in [5, 5.41) is 5.05. The number of likely N-dealkylation sites (tertiary alicyclic amines) is 1. The van der Waals surface area contributed by atoms with Gasteiger partial charge in [0.15, 0.2) is 6.29 Å². The number of hydrogen-bond acceptors (Lipinski definition) is 6. The molecule has 40 heavy (non-hydrogen) atoms. The number of nitrogens with one attached hydrogen (secondary N) is 2. The molecule has 2 heterocycles. The maximum absolute atomic E-state index is 13.1. The van der Waals surface area contributed by atoms with Crippen LogP contribution in [0.2, 0.25) is 0 Å². The maximum Gasteiger partial charge on any atom is 0.250 e. The number of hydroxylamine groups is 1. The molecule has 2 saturated heterocycles. The summed E-state index contributed by atoms with van der Waals surface area (Å²) in [6.07, 6.45) is 9.00. The van der Waals surface area contributed by atoms with Crippen LogP contribution in [0, 0.1) is 0 Å². The molecule has 0 saturated carbocycles. The SMILES string of the molecule is O=C(CCCCC=C(COc1cccc2ccccc12)C(=O)NCCCN1CCCC1=O)NOC1CCCCO1. The summed E-state index contributed by atoms with van der Waals surface area (Å²) in [6.45, 7) is 2.74. The first-order valence-corrected chi connectivity index (χ1v) is 14.5. The number of hydrogen-bond donors (Lipinski definition) is 2. The monoisotopic (exact) mass is 551 g/mol. The van der Waals surface area contributed by atoms with Crippen LogP contribution in [0.1, 0.15) is 64.2 Å². The second-order valence-corrected chi connectivity index (χ2v) is 10.3. The fourth-order valence-electron chi connectivity index (χ4n) is 4.91. The lowest BCUT2D eigenvalue weighted by atomic mass is 10.1. The number of rotatable bonds is 15. The highest BCUT2D eigenvalue weighted by atomic mass is 16.8. The maximum atomic E-state index is 13.1. The smallest absolute Gasteiger partial charge is 0.250 e. The second-order valence-electron chi connectivity index (χ2n) is 10.3. The summed E-state index contributed by atoms with van der Waals surface area (Å²) < 4.78 is 11.6. The molecule has 3 amide bonds. The first-order valence-electron chi connectivity index (χ1n) is 14.5. The van der Waals surface area contributed by atoms with Gasteiger partial charge in [-0.05, 0) is 56.4 Å². The first kappa shape index (κ1) is 29.6. The van der Waals surface area contributed by atoms with E-state index in [1.165, 1.54) is 0 Å². The van der Waals surface area contributed by atoms with E-state index in [-0.39, 0.29) is 30.6 Å². The molecule has 0 aromatic heterocycles. The van der Waals surface area contributed by atoms with Gasteiger partial charge in [-0.2, -0.15) is 0 Å². The molecule has 2 N–H and O–H groups in total. The fraction of sp³-hybridized carbons (Fsp3) is 0.516. The van der Waals surface area contributed by atoms with Crippen LogP contribution in [0.15, 0.2) is 54.1 Å². The van der Waals surface area contributed by atoms with E-state index in [2.05, 4.69) is 10.8 Å². The van der Waals surface area contributed by atoms with E-state index in [0.717, 1.165) is 55.2 Å². The zero-order chi connectivity index (χ0) is 28.0. The van der Waals surface area contributed by atoms with Gasteiger partial charge in [-0.3, -0.25) is 14.4 Å². The van der Waals surface area contributed by atoms with Crippen molar-refractivity contribution in [3.8, 4) is 5.75 Å². The molecule has 2 aromatic carbocycles. The van der Waals surface area contributed by atoms with Gasteiger partial charge in [0.25, 0.3) is 0 Å². The molecule has 1 atom stereocenters. The zero-order valence-corrected chi connectivity index (χ0v) is 23.2. The Morgan fingerprint density at radius 2 is 1.93 bits per heavy atom. The molecule has 2 aromatic rings. The lowest BCUT2D eigenvalue weighted by molar-refractivity contribution is -0.200. The Hall–Kier alpha value is -3.43. The highest BCUT2D eigenvalue weighted by Crippen LogP contribution is 2.25. The van der Waals surface area contributed by atoms with Crippen LogP contribution >= 0.6 is 0 Å². The predicted octanol–water partition coefficient (Wildman–Crippen LogP) is 4.41. The van der Waals surface area contributed by atoms with Crippen molar-refractivity contribution in [1.82, 2.24) is 15.7 Å². The van der Waals surface area contributed by atoms with Crippen LogP contribution in [0.4, 0.5) is 0 Å². The lowest BCUT2D eigenvalue weighted by Gasteiger charge is -2.22. The standard InChI is InChI=1S/C31H41N3O6/c35-28(33-40-30-18-6-7-22-38-30)16-3-1-2-12-25(31(37)32-19-10-21-34-20-9-17-29(34)36)23-39-27-15-8-13-24-11-4-5-14-26(24)27/h4-5,8,11-15,30H,1-3,6-7,9-10,16-23H2,(H,32,37)(H,33,35). The molecule has 2 aliphatic heterocycles. The summed E-state index contributed by atoms with van der Waals surface area (Å²) in [7, 11) is 0. The molecule has 9 nitrogen and oxygen atoms in total. The molecule has 2 fully saturated rings. The molecule has 2 aliphatic rings. The number of nitrogens with zero attached hydrogens (tertiary/aromatic N) is 1. The van der Waals surface area contributed by atoms with Crippen LogP contribution in [0.5, 0.6) is 5.75 Å². The van der Waals surface area contributed by atoms with Crippen LogP contribution in [-0.4, -0.2) is 61.8 Å². The van der Waals surface area contributed by atoms with Gasteiger partial charge < -0.3 is 19.7 Å². The summed E-state index contributed by atoms with van der Waals surface area (Å²) in [5.41, 5.74) is 3.04. The van der Waals surface area contributed by atoms with Crippen LogP contribution in [0.25, 0.3) is 10.8 Å². The van der Waals surface area contributed by atoms with Gasteiger partial charge in [0, 0.05) is 50.9 Å². The molecule has 9 heteroatoms. The number of fused-ring (bicyclic) bond motifs is 1. The van der Waals surface area contributed by atoms with E-state index in [1.807, 2.05) is 53.4 Å². The summed E-state index contributed by atoms with van der Waals surface area (Å²) in [6, 6.07) is 13.9. The lowest BCUT2D eigenvalue weighted by Crippen LogP contribution is -2.32. The van der Waals surface area contributed by atoms with E-state index in [0.29, 0.717) is 57.4 Å². The number of allylic oxidation sites excluding steroid dienone is 1. The van der Waals surface area contributed by atoms with Crippen molar-refractivity contribution >= 4 is 28.5 Å². The Morgan fingerprint density at radius 3 is 2.75 bits per heavy atom. The third-order valence-electron chi connectivity index (χ3n) is 7.18. The molecule has 1 unspecified atom stereocenters. The molecule has 0 bridgehead atoms. The van der Waals surface area contributed by atoms with E-state index >= 15 is 0 Å². The number of unbranched alkanes of at least 4 members (excludes halogenated alkanes) is 2. The van der Waals surface area contributed by atoms with Gasteiger partial charge in [-0.25, -0.2) is 10.3 Å². The molecular weight excluding hydrogens is 510 g/mol. The number of carbonyl (C=O) groups excluding carboxylic acids is 3. The normalized spacial score (nSPS) is 17.7. The summed E-state index contributed by atoms with van der Waals surface area (Å²) in [4.78, 5) is 44.2. The Balaban J connectivity index is 1.25. The van der Waals surface area contributed by atoms with E-state index in [9.17, 15) is 14.4 Å². The highest BCUT2D eigenvalue weighted by molar-refractivity contribution is 5.94. The third-order valence-corrected chi connectivity index (χ3v) is 7.18. The van der Waals surface area contributed by atoms with Crippen molar-refractivity contribution < 1.29 is 28.7 Å². The Bertz CT molecular complexity index is 1160. The molecule has 216 valence electrons. The Kier molecular flexibility index (Phi) is 11.8. The van der Waals surface area contributed by atoms with Crippen molar-refractivity contribution in [3.05, 3.63) is 54.1 Å². The van der Waals surface area contributed by atoms with Crippen LogP contribution in [0.3, 0.4) is 0 Å². The van der Waals surface area contributed by atoms with Gasteiger partial charge in [-0.15, -0.1) is 0 Å². The first-order chi connectivity index (χ1) is 19.6. The zero-order valence-electron chi connectivity index (χ0n) is 23.2. The summed E-state index contributed by atoms with van der Waals surface area (Å²) >= 11 is 0. The van der Waals surface area contributed by atoms with Crippen molar-refractivity contribution in [2.24, 2.45) is 0 Å². The van der Waals surface area contributed by atoms with E-state index in [4.69, 9.17) is 14.3 Å². The quantitative estimate of drug-likeness (QED) is 0.193. The molecule has 0 radical (unpaired) electrons. The van der Waals surface area contributed by atoms with Gasteiger partial charge in [-0.1, -0.05) is 42.5 Å². The number of ether oxygens (including phenoxy) is 2. The second kappa shape index (κ2) is 16.0. The Morgan fingerprint density at radius 1 is 1.05 bits per heavy atom. The molecular formula is C31H41N3O6. The van der Waals surface area contributed by atoms with Crippen LogP contribution in [-0.2, 0) is 24.0 Å². The fourth-order valence-corrected chi connectivity index (χ4v) is 4.91. The topological polar surface area (TPSA) is 106 Å². The van der Waals surface area contributed by atoms with Gasteiger partial charge in [0.05, 0.1) is 5.57 Å². The van der Waals surface area contributed by atoms with Gasteiger partial charge in [0.2, 0.25) is 17.7 Å². The minimum absolute atomic E-state index is 0.139. The van der Waals surface area contributed by atoms with E-state index in [1.54, 1.807) is 0 Å². The average molecular weight is 552 g/mol. The molecule has 0 spiro atoms. The van der Waals surface area contributed by atoms with Crippen molar-refractivity contribution in [3.63, 3.8) is 0 Å². The third kappa shape index (κ3) is 9.34. The largest absolute Gasteiger partial charge is 0.488 e. The van der Waals surface area contributed by atoms with Gasteiger partial charge >= 0.3 is 0 Å². The van der Waals surface area contributed by atoms with Crippen LogP contribution < -0.4 is 15.5 Å². The average Bonchev–Trinajstić information content (AvgIpc) is 3.40. The minimum Gasteiger partial charge on any atom is -0.488 e. The number of carbonyl (C=O) groups is 3. The van der Waals surface area contributed by atoms with Crippen molar-refractivity contribution in [2.45, 2.75) is 70.5 Å². The number of amides is 3. The van der Waals surface area contributed by atoms with Crippen molar-refractivity contribution in [2.75, 3.05) is 32.8 Å². The highest BCUT2D eigenvalue weighted by Gasteiger charge is 2.19. The molecule has 0 aliphatic carbocycles. The van der Waals surface area contributed by atoms with E-state index < -0.39 is 0 Å². The van der Waals surface area contributed by atoms with Crippen molar-refractivity contribution in [1.29, 1.82) is 0 Å².